The quantitative estimate of drug-likeness (QED) is 0.282. The Hall–Kier alpha value is -3.27. The Kier molecular flexibility index (Phi) is 11.0. The molecule has 0 spiro atoms. The van der Waals surface area contributed by atoms with Gasteiger partial charge in [0.2, 0.25) is 0 Å². The van der Waals surface area contributed by atoms with E-state index >= 15 is 0 Å². The van der Waals surface area contributed by atoms with Gasteiger partial charge < -0.3 is 23.7 Å². The van der Waals surface area contributed by atoms with E-state index in [0.29, 0.717) is 32.2 Å². The molecule has 2 fully saturated rings. The number of pyridine rings is 1. The molecule has 2 aromatic heterocycles. The molecule has 43 heavy (non-hydrogen) atoms. The molecule has 2 aromatic rings. The number of rotatable bonds is 8. The number of ether oxygens (including phenoxy) is 3. The van der Waals surface area contributed by atoms with E-state index in [1.54, 1.807) is 30.7 Å². The van der Waals surface area contributed by atoms with Crippen molar-refractivity contribution in [3.63, 3.8) is 0 Å². The molecule has 0 aliphatic carbocycles. The molecular formula is C33H48N4O6. The van der Waals surface area contributed by atoms with Gasteiger partial charge >= 0.3 is 12.1 Å². The third-order valence-electron chi connectivity index (χ3n) is 9.31. The Morgan fingerprint density at radius 3 is 2.56 bits per heavy atom. The molecule has 1 amide bonds. The number of imidazole rings is 1. The minimum atomic E-state index is -1.16. The largest absolute Gasteiger partial charge is 0.458 e. The number of carbonyl (C=O) groups is 3. The standard InChI is InChI=1S/C33H48N4O6/c1-7-28-33(5)30(24(4)29(38)23(3)18-26(41-6)14-10-12-22(2)31(39)42-28)37(32(40)43-33)17-9-8-16-36-20-27(35-21-36)25-13-11-15-34-19-25/h11,13,15,19-24,26,28,30H,7-10,12,14,16-18H2,1-6H3/t22?,23-,24?,26?,28-,30?,33-/m1/s1. The van der Waals surface area contributed by atoms with Crippen LogP contribution in [0.2, 0.25) is 0 Å². The van der Waals surface area contributed by atoms with Crippen molar-refractivity contribution >= 4 is 17.8 Å². The van der Waals surface area contributed by atoms with Gasteiger partial charge in [0, 0.05) is 56.2 Å². The van der Waals surface area contributed by atoms with Gasteiger partial charge in [-0.3, -0.25) is 14.6 Å². The average Bonchev–Trinajstić information content (AvgIpc) is 3.58. The van der Waals surface area contributed by atoms with Crippen LogP contribution < -0.4 is 0 Å². The summed E-state index contributed by atoms with van der Waals surface area (Å²) >= 11 is 0. The number of fused-ring (bicyclic) bond motifs is 1. The number of aryl methyl sites for hydroxylation is 1. The van der Waals surface area contributed by atoms with Crippen molar-refractivity contribution < 1.29 is 28.6 Å². The van der Waals surface area contributed by atoms with Crippen LogP contribution in [0.1, 0.15) is 79.6 Å². The summed E-state index contributed by atoms with van der Waals surface area (Å²) in [6.07, 6.45) is 10.9. The van der Waals surface area contributed by atoms with Gasteiger partial charge in [-0.2, -0.15) is 0 Å². The molecule has 2 aliphatic heterocycles. The predicted molar refractivity (Wildman–Crippen MR) is 162 cm³/mol. The van der Waals surface area contributed by atoms with Crippen molar-refractivity contribution in [3.05, 3.63) is 37.1 Å². The number of esters is 1. The normalized spacial score (nSPS) is 30.8. The predicted octanol–water partition coefficient (Wildman–Crippen LogP) is 5.69. The molecule has 4 rings (SSSR count). The summed E-state index contributed by atoms with van der Waals surface area (Å²) in [5, 5.41) is 0. The maximum Gasteiger partial charge on any atom is 0.410 e. The highest BCUT2D eigenvalue weighted by Gasteiger charge is 2.59. The number of aromatic nitrogens is 3. The van der Waals surface area contributed by atoms with Crippen molar-refractivity contribution in [1.82, 2.24) is 19.4 Å². The van der Waals surface area contributed by atoms with Crippen molar-refractivity contribution in [1.29, 1.82) is 0 Å². The van der Waals surface area contributed by atoms with E-state index in [4.69, 9.17) is 14.2 Å². The topological polar surface area (TPSA) is 113 Å². The molecule has 4 heterocycles. The fourth-order valence-electron chi connectivity index (χ4n) is 6.78. The van der Waals surface area contributed by atoms with Crippen LogP contribution in [0, 0.1) is 17.8 Å². The number of hydrogen-bond donors (Lipinski definition) is 0. The van der Waals surface area contributed by atoms with E-state index in [2.05, 4.69) is 9.97 Å². The van der Waals surface area contributed by atoms with Crippen molar-refractivity contribution in [2.45, 2.75) is 110 Å². The molecule has 0 radical (unpaired) electrons. The smallest absolute Gasteiger partial charge is 0.410 e. The number of cyclic esters (lactones) is 1. The molecule has 10 nitrogen and oxygen atoms in total. The second-order valence-corrected chi connectivity index (χ2v) is 12.5. The van der Waals surface area contributed by atoms with Crippen LogP contribution in [-0.2, 0) is 30.3 Å². The minimum absolute atomic E-state index is 0.0644. The Bertz CT molecular complexity index is 1230. The molecular weight excluding hydrogens is 548 g/mol. The lowest BCUT2D eigenvalue weighted by molar-refractivity contribution is -0.169. The van der Waals surface area contributed by atoms with Gasteiger partial charge in [-0.25, -0.2) is 9.78 Å². The van der Waals surface area contributed by atoms with Gasteiger partial charge in [-0.15, -0.1) is 0 Å². The molecule has 236 valence electrons. The van der Waals surface area contributed by atoms with Gasteiger partial charge in [-0.1, -0.05) is 34.1 Å². The molecule has 7 atom stereocenters. The van der Waals surface area contributed by atoms with E-state index in [-0.39, 0.29) is 29.7 Å². The number of hydrogen-bond acceptors (Lipinski definition) is 8. The number of ketones is 1. The summed E-state index contributed by atoms with van der Waals surface area (Å²) in [7, 11) is 1.67. The number of methoxy groups -OCH3 is 1. The molecule has 0 N–H and O–H groups in total. The highest BCUT2D eigenvalue weighted by Crippen LogP contribution is 2.41. The Morgan fingerprint density at radius 1 is 1.09 bits per heavy atom. The second-order valence-electron chi connectivity index (χ2n) is 12.5. The maximum atomic E-state index is 13.9. The zero-order chi connectivity index (χ0) is 31.1. The van der Waals surface area contributed by atoms with E-state index in [1.807, 2.05) is 57.5 Å². The van der Waals surface area contributed by atoms with Gasteiger partial charge in [0.15, 0.2) is 5.60 Å². The number of Topliss-reactive ketones (excluding diaryl/α,β-unsaturated/α-hetero) is 1. The molecule has 0 saturated carbocycles. The summed E-state index contributed by atoms with van der Waals surface area (Å²) in [4.78, 5) is 50.9. The van der Waals surface area contributed by atoms with Gasteiger partial charge in [0.05, 0.1) is 30.1 Å². The van der Waals surface area contributed by atoms with E-state index in [0.717, 1.165) is 37.1 Å². The van der Waals surface area contributed by atoms with Crippen molar-refractivity contribution in [2.24, 2.45) is 17.8 Å². The SMILES string of the molecule is CC[C@H]1OC(=O)C(C)CCCC(OC)C[C@@H](C)C(=O)C(C)C2N(CCCCn3cnc(-c4cccnc4)c3)C(=O)O[C@@]21C. The Labute approximate surface area is 255 Å². The van der Waals surface area contributed by atoms with Gasteiger partial charge in [-0.05, 0) is 57.6 Å². The monoisotopic (exact) mass is 596 g/mol. The highest BCUT2D eigenvalue weighted by molar-refractivity contribution is 5.85. The van der Waals surface area contributed by atoms with Crippen LogP contribution in [0.4, 0.5) is 4.79 Å². The third-order valence-corrected chi connectivity index (χ3v) is 9.31. The number of amides is 1. The summed E-state index contributed by atoms with van der Waals surface area (Å²) in [6, 6.07) is 3.29. The zero-order valence-corrected chi connectivity index (χ0v) is 26.5. The maximum absolute atomic E-state index is 13.9. The van der Waals surface area contributed by atoms with Crippen LogP contribution in [0.3, 0.4) is 0 Å². The Morgan fingerprint density at radius 2 is 1.86 bits per heavy atom. The number of carbonyl (C=O) groups excluding carboxylic acids is 3. The van der Waals surface area contributed by atoms with Crippen LogP contribution in [0.5, 0.6) is 0 Å². The number of nitrogens with zero attached hydrogens (tertiary/aromatic N) is 4. The van der Waals surface area contributed by atoms with E-state index < -0.39 is 29.8 Å². The first-order valence-electron chi connectivity index (χ1n) is 15.8. The summed E-state index contributed by atoms with van der Waals surface area (Å²) < 4.78 is 19.9. The molecule has 0 aromatic carbocycles. The van der Waals surface area contributed by atoms with Crippen LogP contribution in [-0.4, -0.2) is 74.8 Å². The van der Waals surface area contributed by atoms with Crippen molar-refractivity contribution in [3.8, 4) is 11.3 Å². The highest BCUT2D eigenvalue weighted by atomic mass is 16.6. The average molecular weight is 597 g/mol. The zero-order valence-electron chi connectivity index (χ0n) is 26.5. The van der Waals surface area contributed by atoms with Gasteiger partial charge in [0.25, 0.3) is 0 Å². The molecule has 2 aliphatic rings. The summed E-state index contributed by atoms with van der Waals surface area (Å²) in [5.74, 6) is -1.30. The first-order valence-corrected chi connectivity index (χ1v) is 15.8. The van der Waals surface area contributed by atoms with E-state index in [1.165, 1.54) is 0 Å². The third kappa shape index (κ3) is 7.45. The van der Waals surface area contributed by atoms with Crippen LogP contribution >= 0.6 is 0 Å². The fourth-order valence-corrected chi connectivity index (χ4v) is 6.78. The molecule has 10 heteroatoms. The van der Waals surface area contributed by atoms with Crippen LogP contribution in [0.25, 0.3) is 11.3 Å². The Balaban J connectivity index is 1.52. The van der Waals surface area contributed by atoms with Gasteiger partial charge in [0.1, 0.15) is 11.9 Å². The number of unbranched alkanes of at least 4 members (excludes halogenated alkanes) is 1. The summed E-state index contributed by atoms with van der Waals surface area (Å²) in [5.41, 5.74) is 0.654. The first kappa shape index (κ1) is 32.6. The fraction of sp³-hybridized carbons (Fsp3) is 0.667. The minimum Gasteiger partial charge on any atom is -0.458 e. The van der Waals surface area contributed by atoms with Crippen molar-refractivity contribution in [2.75, 3.05) is 13.7 Å². The summed E-state index contributed by atoms with van der Waals surface area (Å²) in [6.45, 7) is 10.6. The lowest BCUT2D eigenvalue weighted by Gasteiger charge is -2.40. The molecule has 2 saturated heterocycles. The molecule has 4 unspecified atom stereocenters. The second kappa shape index (κ2) is 14.5. The van der Waals surface area contributed by atoms with Crippen LogP contribution in [0.15, 0.2) is 37.1 Å². The first-order chi connectivity index (χ1) is 20.6. The lowest BCUT2D eigenvalue weighted by atomic mass is 9.76. The van der Waals surface area contributed by atoms with E-state index in [9.17, 15) is 14.4 Å². The lowest BCUT2D eigenvalue weighted by Crippen LogP contribution is -2.57. The molecule has 0 bridgehead atoms.